The van der Waals surface area contributed by atoms with E-state index in [0.717, 1.165) is 9.37 Å². The second-order valence-corrected chi connectivity index (χ2v) is 5.59. The number of imide groups is 1. The van der Waals surface area contributed by atoms with Crippen LogP contribution in [0.2, 0.25) is 0 Å². The van der Waals surface area contributed by atoms with Gasteiger partial charge in [0.25, 0.3) is 0 Å². The van der Waals surface area contributed by atoms with Crippen molar-refractivity contribution in [3.8, 4) is 0 Å². The summed E-state index contributed by atoms with van der Waals surface area (Å²) in [5.41, 5.74) is 0. The van der Waals surface area contributed by atoms with E-state index in [1.54, 1.807) is 11.8 Å². The van der Waals surface area contributed by atoms with Gasteiger partial charge in [0, 0.05) is 21.7 Å². The molecule has 1 N–H and O–H groups in total. The zero-order valence-corrected chi connectivity index (χ0v) is 11.4. The average molecular weight is 315 g/mol. The Morgan fingerprint density at radius 1 is 1.29 bits per heavy atom. The van der Waals surface area contributed by atoms with Crippen LogP contribution < -0.4 is 5.32 Å². The fourth-order valence-corrected chi connectivity index (χ4v) is 2.57. The first kappa shape index (κ1) is 12.4. The minimum absolute atomic E-state index is 0.127. The number of carbonyl (C=O) groups excluding carboxylic acids is 2. The van der Waals surface area contributed by atoms with Crippen molar-refractivity contribution in [2.24, 2.45) is 0 Å². The molecule has 90 valence electrons. The van der Waals surface area contributed by atoms with Crippen LogP contribution in [0.3, 0.4) is 0 Å². The zero-order chi connectivity index (χ0) is 12.3. The maximum atomic E-state index is 11.3. The molecule has 6 heteroatoms. The molecule has 1 aliphatic rings. The van der Waals surface area contributed by atoms with Gasteiger partial charge in [-0.2, -0.15) is 0 Å². The Morgan fingerprint density at radius 2 is 2.00 bits per heavy atom. The van der Waals surface area contributed by atoms with Gasteiger partial charge in [-0.1, -0.05) is 15.9 Å². The third-order valence-corrected chi connectivity index (χ3v) is 3.86. The van der Waals surface area contributed by atoms with Crippen molar-refractivity contribution >= 4 is 39.6 Å². The molecule has 0 unspecified atom stereocenters. The second-order valence-electron chi connectivity index (χ2n) is 3.51. The van der Waals surface area contributed by atoms with Gasteiger partial charge in [0.1, 0.15) is 0 Å². The smallest absolute Gasteiger partial charge is 0.324 e. The molecule has 1 aromatic rings. The van der Waals surface area contributed by atoms with Crippen LogP contribution in [-0.2, 0) is 4.79 Å². The molecule has 0 bridgehead atoms. The van der Waals surface area contributed by atoms with Gasteiger partial charge in [0.15, 0.2) is 0 Å². The number of urea groups is 1. The third-order valence-electron chi connectivity index (χ3n) is 2.33. The van der Waals surface area contributed by atoms with Crippen molar-refractivity contribution in [3.63, 3.8) is 0 Å². The summed E-state index contributed by atoms with van der Waals surface area (Å²) < 4.78 is 1.04. The number of amides is 3. The minimum Gasteiger partial charge on any atom is -0.329 e. The predicted molar refractivity (Wildman–Crippen MR) is 70.0 cm³/mol. The molecule has 1 aliphatic heterocycles. The first-order chi connectivity index (χ1) is 8.16. The monoisotopic (exact) mass is 314 g/mol. The molecule has 1 heterocycles. The SMILES string of the molecule is O=C1CNC(=O)N1CCSc1ccc(Br)cc1. The van der Waals surface area contributed by atoms with E-state index < -0.39 is 0 Å². The highest BCUT2D eigenvalue weighted by Crippen LogP contribution is 2.20. The first-order valence-corrected chi connectivity index (χ1v) is 6.91. The number of benzene rings is 1. The summed E-state index contributed by atoms with van der Waals surface area (Å²) in [6.45, 7) is 0.577. The minimum atomic E-state index is -0.286. The number of rotatable bonds is 4. The van der Waals surface area contributed by atoms with Crippen LogP contribution in [0.5, 0.6) is 0 Å². The molecule has 1 saturated heterocycles. The number of nitrogens with one attached hydrogen (secondary N) is 1. The van der Waals surface area contributed by atoms with Crippen LogP contribution >= 0.6 is 27.7 Å². The highest BCUT2D eigenvalue weighted by Gasteiger charge is 2.27. The van der Waals surface area contributed by atoms with Gasteiger partial charge in [-0.3, -0.25) is 9.69 Å². The van der Waals surface area contributed by atoms with Crippen molar-refractivity contribution in [2.45, 2.75) is 4.90 Å². The highest BCUT2D eigenvalue weighted by atomic mass is 79.9. The fourth-order valence-electron chi connectivity index (χ4n) is 1.47. The van der Waals surface area contributed by atoms with Crippen LogP contribution in [0, 0.1) is 0 Å². The molecule has 0 spiro atoms. The van der Waals surface area contributed by atoms with Crippen molar-refractivity contribution in [1.29, 1.82) is 0 Å². The Morgan fingerprint density at radius 3 is 2.59 bits per heavy atom. The molecule has 1 fully saturated rings. The molecule has 0 aliphatic carbocycles. The van der Waals surface area contributed by atoms with E-state index in [1.807, 2.05) is 24.3 Å². The summed E-state index contributed by atoms with van der Waals surface area (Å²) in [6, 6.07) is 7.65. The Balaban J connectivity index is 1.81. The van der Waals surface area contributed by atoms with E-state index in [1.165, 1.54) is 4.90 Å². The van der Waals surface area contributed by atoms with Crippen molar-refractivity contribution in [2.75, 3.05) is 18.8 Å². The lowest BCUT2D eigenvalue weighted by Gasteiger charge is -2.11. The summed E-state index contributed by atoms with van der Waals surface area (Å²) in [7, 11) is 0. The maximum Gasteiger partial charge on any atom is 0.324 e. The lowest BCUT2D eigenvalue weighted by molar-refractivity contribution is -0.124. The second kappa shape index (κ2) is 5.55. The largest absolute Gasteiger partial charge is 0.329 e. The predicted octanol–water partition coefficient (Wildman–Crippen LogP) is 2.09. The molecule has 4 nitrogen and oxygen atoms in total. The van der Waals surface area contributed by atoms with E-state index >= 15 is 0 Å². The van der Waals surface area contributed by atoms with Crippen molar-refractivity contribution < 1.29 is 9.59 Å². The van der Waals surface area contributed by atoms with Crippen molar-refractivity contribution in [3.05, 3.63) is 28.7 Å². The number of hydrogen-bond donors (Lipinski definition) is 1. The van der Waals surface area contributed by atoms with Crippen LogP contribution in [-0.4, -0.2) is 35.7 Å². The maximum absolute atomic E-state index is 11.3. The van der Waals surface area contributed by atoms with Crippen molar-refractivity contribution in [1.82, 2.24) is 10.2 Å². The highest BCUT2D eigenvalue weighted by molar-refractivity contribution is 9.10. The third kappa shape index (κ3) is 3.23. The molecule has 0 atom stereocenters. The average Bonchev–Trinajstić information content (AvgIpc) is 2.63. The summed E-state index contributed by atoms with van der Waals surface area (Å²) in [6.07, 6.45) is 0. The van der Waals surface area contributed by atoms with E-state index in [4.69, 9.17) is 0 Å². The van der Waals surface area contributed by atoms with Crippen LogP contribution in [0.25, 0.3) is 0 Å². The standard InChI is InChI=1S/C11H11BrN2O2S/c12-8-1-3-9(4-2-8)17-6-5-14-10(15)7-13-11(14)16/h1-4H,5-7H2,(H,13,16). The summed E-state index contributed by atoms with van der Waals surface area (Å²) in [4.78, 5) is 24.9. The van der Waals surface area contributed by atoms with E-state index in [9.17, 15) is 9.59 Å². The van der Waals surface area contributed by atoms with Gasteiger partial charge < -0.3 is 5.32 Å². The molecule has 3 amide bonds. The number of carbonyl (C=O) groups is 2. The summed E-state index contributed by atoms with van der Waals surface area (Å²) >= 11 is 4.99. The Labute approximate surface area is 112 Å². The lowest BCUT2D eigenvalue weighted by Crippen LogP contribution is -2.32. The van der Waals surface area contributed by atoms with Crippen LogP contribution in [0.4, 0.5) is 4.79 Å². The number of thioether (sulfide) groups is 1. The molecule has 0 radical (unpaired) electrons. The molecule has 2 rings (SSSR count). The number of halogens is 1. The molecular formula is C11H11BrN2O2S. The Kier molecular flexibility index (Phi) is 4.06. The topological polar surface area (TPSA) is 49.4 Å². The van der Waals surface area contributed by atoms with E-state index in [2.05, 4.69) is 21.2 Å². The quantitative estimate of drug-likeness (QED) is 0.684. The van der Waals surface area contributed by atoms with E-state index in [-0.39, 0.29) is 18.5 Å². The molecule has 0 saturated carbocycles. The Bertz CT molecular complexity index is 420. The van der Waals surface area contributed by atoms with Gasteiger partial charge in [-0.15, -0.1) is 11.8 Å². The molecule has 17 heavy (non-hydrogen) atoms. The van der Waals surface area contributed by atoms with E-state index in [0.29, 0.717) is 12.3 Å². The molecule has 0 aromatic heterocycles. The number of nitrogens with zero attached hydrogens (tertiary/aromatic N) is 1. The lowest BCUT2D eigenvalue weighted by atomic mass is 10.4. The normalized spacial score (nSPS) is 15.2. The molecular weight excluding hydrogens is 304 g/mol. The fraction of sp³-hybridized carbons (Fsp3) is 0.273. The number of hydrogen-bond acceptors (Lipinski definition) is 3. The van der Waals surface area contributed by atoms with Gasteiger partial charge in [0.2, 0.25) is 5.91 Å². The van der Waals surface area contributed by atoms with Crippen LogP contribution in [0.1, 0.15) is 0 Å². The first-order valence-electron chi connectivity index (χ1n) is 5.13. The van der Waals surface area contributed by atoms with Gasteiger partial charge >= 0.3 is 6.03 Å². The van der Waals surface area contributed by atoms with Crippen LogP contribution in [0.15, 0.2) is 33.6 Å². The van der Waals surface area contributed by atoms with Gasteiger partial charge in [-0.05, 0) is 24.3 Å². The summed E-state index contributed by atoms with van der Waals surface area (Å²) in [5, 5.41) is 2.50. The summed E-state index contributed by atoms with van der Waals surface area (Å²) in [5.74, 6) is 0.562. The Hall–Kier alpha value is -1.01. The molecule has 1 aromatic carbocycles. The van der Waals surface area contributed by atoms with Gasteiger partial charge in [-0.25, -0.2) is 4.79 Å². The zero-order valence-electron chi connectivity index (χ0n) is 8.98. The van der Waals surface area contributed by atoms with Gasteiger partial charge in [0.05, 0.1) is 6.54 Å².